The lowest BCUT2D eigenvalue weighted by Crippen LogP contribution is -2.50. The SMILES string of the molecule is CCC1(CC)CNCC(c2ccoc2)O1. The highest BCUT2D eigenvalue weighted by atomic mass is 16.5. The second-order valence-electron chi connectivity index (χ2n) is 4.18. The van der Waals surface area contributed by atoms with Crippen LogP contribution in [0.1, 0.15) is 38.4 Å². The van der Waals surface area contributed by atoms with Gasteiger partial charge in [-0.05, 0) is 18.9 Å². The fourth-order valence-electron chi connectivity index (χ4n) is 2.13. The molecule has 2 rings (SSSR count). The molecule has 1 N–H and O–H groups in total. The molecule has 3 nitrogen and oxygen atoms in total. The van der Waals surface area contributed by atoms with E-state index in [1.807, 2.05) is 6.07 Å². The number of ether oxygens (including phenoxy) is 1. The molecule has 1 aliphatic rings. The third kappa shape index (κ3) is 2.08. The third-order valence-corrected chi connectivity index (χ3v) is 3.37. The Morgan fingerprint density at radius 1 is 1.47 bits per heavy atom. The van der Waals surface area contributed by atoms with E-state index < -0.39 is 0 Å². The van der Waals surface area contributed by atoms with Crippen molar-refractivity contribution in [1.82, 2.24) is 5.32 Å². The Balaban J connectivity index is 2.10. The van der Waals surface area contributed by atoms with E-state index in [4.69, 9.17) is 9.15 Å². The van der Waals surface area contributed by atoms with Crippen LogP contribution in [0.25, 0.3) is 0 Å². The highest BCUT2D eigenvalue weighted by Gasteiger charge is 2.34. The summed E-state index contributed by atoms with van der Waals surface area (Å²) in [5.41, 5.74) is 1.13. The van der Waals surface area contributed by atoms with E-state index in [-0.39, 0.29) is 11.7 Å². The molecule has 0 aliphatic carbocycles. The molecule has 1 aromatic heterocycles. The van der Waals surface area contributed by atoms with Crippen molar-refractivity contribution in [2.24, 2.45) is 0 Å². The van der Waals surface area contributed by atoms with E-state index in [9.17, 15) is 0 Å². The van der Waals surface area contributed by atoms with E-state index in [1.54, 1.807) is 12.5 Å². The van der Waals surface area contributed by atoms with Gasteiger partial charge in [-0.25, -0.2) is 0 Å². The summed E-state index contributed by atoms with van der Waals surface area (Å²) in [5.74, 6) is 0. The zero-order valence-electron chi connectivity index (χ0n) is 9.45. The number of hydrogen-bond donors (Lipinski definition) is 1. The maximum absolute atomic E-state index is 6.19. The molecule has 1 unspecified atom stereocenters. The molecule has 1 atom stereocenters. The zero-order valence-corrected chi connectivity index (χ0v) is 9.45. The molecule has 0 saturated carbocycles. The summed E-state index contributed by atoms with van der Waals surface area (Å²) < 4.78 is 11.3. The lowest BCUT2D eigenvalue weighted by Gasteiger charge is -2.40. The summed E-state index contributed by atoms with van der Waals surface area (Å²) >= 11 is 0. The molecular formula is C12H19NO2. The molecular weight excluding hydrogens is 190 g/mol. The lowest BCUT2D eigenvalue weighted by molar-refractivity contribution is -0.122. The van der Waals surface area contributed by atoms with Gasteiger partial charge in [0.25, 0.3) is 0 Å². The average Bonchev–Trinajstić information content (AvgIpc) is 2.82. The van der Waals surface area contributed by atoms with Crippen LogP contribution in [0, 0.1) is 0 Å². The van der Waals surface area contributed by atoms with Gasteiger partial charge in [0, 0.05) is 18.7 Å². The van der Waals surface area contributed by atoms with Gasteiger partial charge < -0.3 is 14.5 Å². The smallest absolute Gasteiger partial charge is 0.0988 e. The summed E-state index contributed by atoms with van der Waals surface area (Å²) in [6.07, 6.45) is 5.70. The molecule has 2 heterocycles. The number of nitrogens with one attached hydrogen (secondary N) is 1. The first-order chi connectivity index (χ1) is 7.29. The van der Waals surface area contributed by atoms with Crippen LogP contribution in [0.15, 0.2) is 23.0 Å². The van der Waals surface area contributed by atoms with Crippen molar-refractivity contribution in [3.8, 4) is 0 Å². The Hall–Kier alpha value is -0.800. The van der Waals surface area contributed by atoms with Crippen molar-refractivity contribution in [3.63, 3.8) is 0 Å². The summed E-state index contributed by atoms with van der Waals surface area (Å²) in [5, 5.41) is 3.45. The van der Waals surface area contributed by atoms with Gasteiger partial charge in [-0.15, -0.1) is 0 Å². The second kappa shape index (κ2) is 4.37. The fourth-order valence-corrected chi connectivity index (χ4v) is 2.13. The van der Waals surface area contributed by atoms with Gasteiger partial charge in [0.15, 0.2) is 0 Å². The van der Waals surface area contributed by atoms with Crippen LogP contribution in [-0.2, 0) is 4.74 Å². The van der Waals surface area contributed by atoms with E-state index in [2.05, 4.69) is 19.2 Å². The summed E-state index contributed by atoms with van der Waals surface area (Å²) in [6.45, 7) is 6.20. The molecule has 1 aliphatic heterocycles. The normalized spacial score (nSPS) is 25.3. The molecule has 0 radical (unpaired) electrons. The van der Waals surface area contributed by atoms with Crippen molar-refractivity contribution in [2.75, 3.05) is 13.1 Å². The standard InChI is InChI=1S/C12H19NO2/c1-3-12(4-2)9-13-7-11(15-12)10-5-6-14-8-10/h5-6,8,11,13H,3-4,7,9H2,1-2H3. The van der Waals surface area contributed by atoms with Crippen LogP contribution in [-0.4, -0.2) is 18.7 Å². The predicted molar refractivity (Wildman–Crippen MR) is 58.7 cm³/mol. The zero-order chi connectivity index (χ0) is 10.7. The van der Waals surface area contributed by atoms with Crippen molar-refractivity contribution in [2.45, 2.75) is 38.4 Å². The second-order valence-corrected chi connectivity index (χ2v) is 4.18. The average molecular weight is 209 g/mol. The Labute approximate surface area is 90.8 Å². The van der Waals surface area contributed by atoms with Crippen molar-refractivity contribution in [3.05, 3.63) is 24.2 Å². The van der Waals surface area contributed by atoms with E-state index in [0.717, 1.165) is 31.5 Å². The Morgan fingerprint density at radius 3 is 2.87 bits per heavy atom. The van der Waals surface area contributed by atoms with Crippen LogP contribution in [0.4, 0.5) is 0 Å². The quantitative estimate of drug-likeness (QED) is 0.830. The van der Waals surface area contributed by atoms with Gasteiger partial charge in [0.2, 0.25) is 0 Å². The Bertz CT molecular complexity index is 291. The molecule has 1 fully saturated rings. The van der Waals surface area contributed by atoms with Gasteiger partial charge in [-0.2, -0.15) is 0 Å². The first kappa shape index (κ1) is 10.7. The molecule has 1 saturated heterocycles. The van der Waals surface area contributed by atoms with Crippen molar-refractivity contribution >= 4 is 0 Å². The highest BCUT2D eigenvalue weighted by Crippen LogP contribution is 2.31. The van der Waals surface area contributed by atoms with Gasteiger partial charge in [0.05, 0.1) is 24.2 Å². The van der Waals surface area contributed by atoms with Crippen molar-refractivity contribution in [1.29, 1.82) is 0 Å². The Morgan fingerprint density at radius 2 is 2.27 bits per heavy atom. The molecule has 0 aromatic carbocycles. The molecule has 0 amide bonds. The molecule has 0 spiro atoms. The minimum atomic E-state index is 0.000185. The third-order valence-electron chi connectivity index (χ3n) is 3.37. The van der Waals surface area contributed by atoms with Crippen LogP contribution in [0.2, 0.25) is 0 Å². The molecule has 0 bridgehead atoms. The van der Waals surface area contributed by atoms with E-state index >= 15 is 0 Å². The molecule has 1 aromatic rings. The topological polar surface area (TPSA) is 34.4 Å². The van der Waals surface area contributed by atoms with Gasteiger partial charge in [-0.3, -0.25) is 0 Å². The predicted octanol–water partition coefficient (Wildman–Crippen LogP) is 2.50. The van der Waals surface area contributed by atoms with E-state index in [0.29, 0.717) is 0 Å². The monoisotopic (exact) mass is 209 g/mol. The van der Waals surface area contributed by atoms with Crippen LogP contribution in [0.3, 0.4) is 0 Å². The Kier molecular flexibility index (Phi) is 3.12. The summed E-state index contributed by atoms with van der Waals surface area (Å²) in [6, 6.07) is 1.98. The highest BCUT2D eigenvalue weighted by molar-refractivity contribution is 5.11. The number of morpholine rings is 1. The fraction of sp³-hybridized carbons (Fsp3) is 0.667. The summed E-state index contributed by atoms with van der Waals surface area (Å²) in [4.78, 5) is 0. The molecule has 15 heavy (non-hydrogen) atoms. The van der Waals surface area contributed by atoms with Crippen LogP contribution >= 0.6 is 0 Å². The number of rotatable bonds is 3. The number of hydrogen-bond acceptors (Lipinski definition) is 3. The van der Waals surface area contributed by atoms with Crippen LogP contribution in [0.5, 0.6) is 0 Å². The minimum absolute atomic E-state index is 0.000185. The summed E-state index contributed by atoms with van der Waals surface area (Å²) in [7, 11) is 0. The van der Waals surface area contributed by atoms with Gasteiger partial charge in [-0.1, -0.05) is 13.8 Å². The van der Waals surface area contributed by atoms with E-state index in [1.165, 1.54) is 0 Å². The lowest BCUT2D eigenvalue weighted by atomic mass is 9.94. The largest absolute Gasteiger partial charge is 0.472 e. The first-order valence-corrected chi connectivity index (χ1v) is 5.70. The van der Waals surface area contributed by atoms with Crippen molar-refractivity contribution < 1.29 is 9.15 Å². The first-order valence-electron chi connectivity index (χ1n) is 5.70. The molecule has 3 heteroatoms. The maximum atomic E-state index is 6.19. The van der Waals surface area contributed by atoms with Gasteiger partial charge in [0.1, 0.15) is 0 Å². The van der Waals surface area contributed by atoms with Crippen LogP contribution < -0.4 is 5.32 Å². The maximum Gasteiger partial charge on any atom is 0.0988 e. The van der Waals surface area contributed by atoms with Gasteiger partial charge >= 0.3 is 0 Å². The molecule has 84 valence electrons. The minimum Gasteiger partial charge on any atom is -0.472 e. The number of furan rings is 1.